The molecule has 1 aliphatic rings. The normalized spacial score (nSPS) is 24.5. The summed E-state index contributed by atoms with van der Waals surface area (Å²) in [5.74, 6) is 0.338. The molecule has 1 aliphatic heterocycles. The zero-order chi connectivity index (χ0) is 19.3. The van der Waals surface area contributed by atoms with Crippen LogP contribution in [0.3, 0.4) is 0 Å². The summed E-state index contributed by atoms with van der Waals surface area (Å²) in [4.78, 5) is 8.31. The molecule has 0 saturated carbocycles. The highest BCUT2D eigenvalue weighted by molar-refractivity contribution is 6.74. The van der Waals surface area contributed by atoms with Crippen LogP contribution in [-0.2, 0) is 9.16 Å². The van der Waals surface area contributed by atoms with Crippen molar-refractivity contribution < 1.29 is 14.3 Å². The third kappa shape index (κ3) is 3.36. The van der Waals surface area contributed by atoms with Gasteiger partial charge in [0, 0.05) is 12.6 Å². The third-order valence-electron chi connectivity index (χ3n) is 5.52. The molecule has 144 valence electrons. The van der Waals surface area contributed by atoms with Crippen molar-refractivity contribution in [3.05, 3.63) is 17.5 Å². The van der Waals surface area contributed by atoms with Gasteiger partial charge in [-0.3, -0.25) is 0 Å². The Bertz CT molecular complexity index is 805. The second-order valence-electron chi connectivity index (χ2n) is 8.31. The van der Waals surface area contributed by atoms with Gasteiger partial charge in [0.05, 0.1) is 23.1 Å². The quantitative estimate of drug-likeness (QED) is 0.767. The van der Waals surface area contributed by atoms with Crippen molar-refractivity contribution in [1.82, 2.24) is 14.5 Å². The lowest BCUT2D eigenvalue weighted by atomic mass is 10.2. The van der Waals surface area contributed by atoms with Crippen LogP contribution in [0.25, 0.3) is 11.0 Å². The molecule has 3 atom stereocenters. The van der Waals surface area contributed by atoms with E-state index in [1.165, 1.54) is 6.33 Å². The molecular formula is C17H27ClN4O3Si. The van der Waals surface area contributed by atoms with Gasteiger partial charge in [0.15, 0.2) is 8.32 Å². The predicted molar refractivity (Wildman–Crippen MR) is 105 cm³/mol. The van der Waals surface area contributed by atoms with Crippen molar-refractivity contribution >= 4 is 36.8 Å². The van der Waals surface area contributed by atoms with E-state index in [0.717, 1.165) is 0 Å². The molecule has 0 bridgehead atoms. The van der Waals surface area contributed by atoms with E-state index in [9.17, 15) is 5.11 Å². The summed E-state index contributed by atoms with van der Waals surface area (Å²) >= 11 is 6.32. The first-order valence-electron chi connectivity index (χ1n) is 8.76. The Hall–Kier alpha value is -1.19. The van der Waals surface area contributed by atoms with Crippen LogP contribution >= 0.6 is 11.6 Å². The first-order valence-corrected chi connectivity index (χ1v) is 12.0. The summed E-state index contributed by atoms with van der Waals surface area (Å²) in [7, 11) is -1.99. The first kappa shape index (κ1) is 19.6. The Morgan fingerprint density at radius 2 is 2.12 bits per heavy atom. The van der Waals surface area contributed by atoms with Crippen molar-refractivity contribution in [2.45, 2.75) is 63.8 Å². The van der Waals surface area contributed by atoms with Crippen LogP contribution in [0, 0.1) is 0 Å². The van der Waals surface area contributed by atoms with Crippen LogP contribution in [0.2, 0.25) is 23.2 Å². The van der Waals surface area contributed by atoms with E-state index >= 15 is 0 Å². The Morgan fingerprint density at radius 1 is 1.42 bits per heavy atom. The van der Waals surface area contributed by atoms with Crippen LogP contribution in [0.15, 0.2) is 12.5 Å². The maximum atomic E-state index is 9.79. The number of nitrogens with zero attached hydrogens (tertiary/aromatic N) is 3. The molecule has 1 fully saturated rings. The summed E-state index contributed by atoms with van der Waals surface area (Å²) in [5.41, 5.74) is 6.55. The van der Waals surface area contributed by atoms with Crippen LogP contribution in [-0.4, -0.2) is 46.8 Å². The summed E-state index contributed by atoms with van der Waals surface area (Å²) in [6.45, 7) is 10.9. The molecule has 0 aromatic carbocycles. The van der Waals surface area contributed by atoms with Crippen molar-refractivity contribution in [3.8, 4) is 0 Å². The molecule has 2 aromatic rings. The van der Waals surface area contributed by atoms with Crippen LogP contribution < -0.4 is 5.73 Å². The minimum atomic E-state index is -1.99. The number of aliphatic hydroxyl groups is 1. The molecule has 7 nitrogen and oxygen atoms in total. The first-order chi connectivity index (χ1) is 12.0. The number of nitrogen functional groups attached to an aromatic ring is 1. The number of nitrogens with two attached hydrogens (primary N) is 1. The number of hydrogen-bond donors (Lipinski definition) is 2. The smallest absolute Gasteiger partial charge is 0.192 e. The second kappa shape index (κ2) is 6.76. The molecule has 0 amide bonds. The summed E-state index contributed by atoms with van der Waals surface area (Å²) < 4.78 is 14.4. The molecule has 2 aromatic heterocycles. The van der Waals surface area contributed by atoms with Gasteiger partial charge in [0.2, 0.25) is 0 Å². The molecule has 0 aliphatic carbocycles. The van der Waals surface area contributed by atoms with Gasteiger partial charge in [0.25, 0.3) is 0 Å². The topological polar surface area (TPSA) is 95.4 Å². The van der Waals surface area contributed by atoms with E-state index in [-0.39, 0.29) is 30.1 Å². The third-order valence-corrected chi connectivity index (χ3v) is 10.3. The fourth-order valence-corrected chi connectivity index (χ4v) is 4.64. The number of hydrogen-bond acceptors (Lipinski definition) is 6. The summed E-state index contributed by atoms with van der Waals surface area (Å²) in [6, 6.07) is 0. The maximum Gasteiger partial charge on any atom is 0.192 e. The van der Waals surface area contributed by atoms with Crippen molar-refractivity contribution in [3.63, 3.8) is 0 Å². The van der Waals surface area contributed by atoms with E-state index in [2.05, 4.69) is 43.8 Å². The lowest BCUT2D eigenvalue weighted by Gasteiger charge is -2.39. The highest BCUT2D eigenvalue weighted by atomic mass is 35.5. The van der Waals surface area contributed by atoms with Crippen LogP contribution in [0.5, 0.6) is 0 Å². The predicted octanol–water partition coefficient (Wildman–Crippen LogP) is 3.34. The van der Waals surface area contributed by atoms with Crippen LogP contribution in [0.4, 0.5) is 5.82 Å². The number of aromatic nitrogens is 3. The molecule has 3 rings (SSSR count). The largest absolute Gasteiger partial charge is 0.411 e. The second-order valence-corrected chi connectivity index (χ2v) is 13.5. The van der Waals surface area contributed by atoms with Gasteiger partial charge in [-0.15, -0.1) is 0 Å². The van der Waals surface area contributed by atoms with Gasteiger partial charge in [-0.05, 0) is 18.1 Å². The van der Waals surface area contributed by atoms with Gasteiger partial charge in [-0.1, -0.05) is 32.4 Å². The average molecular weight is 399 g/mol. The lowest BCUT2D eigenvalue weighted by Crippen LogP contribution is -2.46. The minimum absolute atomic E-state index is 0.0796. The monoisotopic (exact) mass is 398 g/mol. The maximum absolute atomic E-state index is 9.79. The van der Waals surface area contributed by atoms with E-state index in [1.54, 1.807) is 6.20 Å². The Morgan fingerprint density at radius 3 is 2.73 bits per heavy atom. The fraction of sp³-hybridized carbons (Fsp3) is 0.647. The van der Waals surface area contributed by atoms with E-state index in [4.69, 9.17) is 26.5 Å². The van der Waals surface area contributed by atoms with Gasteiger partial charge >= 0.3 is 0 Å². The van der Waals surface area contributed by atoms with Gasteiger partial charge in [-0.25, -0.2) is 9.97 Å². The van der Waals surface area contributed by atoms with E-state index < -0.39 is 8.32 Å². The lowest BCUT2D eigenvalue weighted by molar-refractivity contribution is -0.0408. The number of halogens is 1. The molecule has 3 N–H and O–H groups in total. The number of ether oxygens (including phenoxy) is 1. The Labute approximate surface area is 159 Å². The number of aliphatic hydroxyl groups excluding tert-OH is 1. The number of anilines is 1. The molecule has 1 saturated heterocycles. The molecule has 9 heteroatoms. The van der Waals surface area contributed by atoms with Crippen LogP contribution in [0.1, 0.15) is 33.4 Å². The van der Waals surface area contributed by atoms with E-state index in [0.29, 0.717) is 28.3 Å². The zero-order valence-corrected chi connectivity index (χ0v) is 17.6. The summed E-state index contributed by atoms with van der Waals surface area (Å²) in [6.07, 6.45) is 2.89. The zero-order valence-electron chi connectivity index (χ0n) is 15.9. The molecule has 0 unspecified atom stereocenters. The molecule has 0 radical (unpaired) electrons. The average Bonchev–Trinajstić information content (AvgIpc) is 3.07. The highest BCUT2D eigenvalue weighted by Gasteiger charge is 2.45. The Balaban J connectivity index is 1.89. The number of fused-ring (bicyclic) bond motifs is 1. The molecule has 3 heterocycles. The highest BCUT2D eigenvalue weighted by Crippen LogP contribution is 2.42. The van der Waals surface area contributed by atoms with Gasteiger partial charge in [-0.2, -0.15) is 0 Å². The standard InChI is InChI=1S/C17H27ClN4O3Si/c1-17(2,3)26(4,5)25-11-6-13(24-12(11)8-23)22-7-10(18)14-15(19)20-9-21-16(14)22/h7,9,11-13,23H,6,8H2,1-5H3,(H2,19,20,21)/t11-,12+,13+/m0/s1. The SMILES string of the molecule is CC(C)(C)[Si](C)(C)O[C@H]1C[C@H](n2cc(Cl)c3c(N)ncnc32)O[C@@H]1CO. The minimum Gasteiger partial charge on any atom is -0.411 e. The van der Waals surface area contributed by atoms with Crippen molar-refractivity contribution in [2.75, 3.05) is 12.3 Å². The molecule has 0 spiro atoms. The van der Waals surface area contributed by atoms with Crippen molar-refractivity contribution in [2.24, 2.45) is 0 Å². The molecule has 26 heavy (non-hydrogen) atoms. The van der Waals surface area contributed by atoms with Crippen molar-refractivity contribution in [1.29, 1.82) is 0 Å². The number of rotatable bonds is 4. The van der Waals surface area contributed by atoms with E-state index in [1.807, 2.05) is 4.57 Å². The molecular weight excluding hydrogens is 372 g/mol. The van der Waals surface area contributed by atoms with Gasteiger partial charge in [0.1, 0.15) is 30.1 Å². The fourth-order valence-electron chi connectivity index (χ4n) is 3.00. The van der Waals surface area contributed by atoms with Gasteiger partial charge < -0.3 is 24.6 Å². The summed E-state index contributed by atoms with van der Waals surface area (Å²) in [5, 5.41) is 11.0. The Kier molecular flexibility index (Phi) is 5.09.